The Labute approximate surface area is 170 Å². The molecule has 1 saturated heterocycles. The van der Waals surface area contributed by atoms with E-state index in [1.165, 1.54) is 30.3 Å². The van der Waals surface area contributed by atoms with Gasteiger partial charge in [0.1, 0.15) is 12.4 Å². The van der Waals surface area contributed by atoms with Gasteiger partial charge in [0.25, 0.3) is 5.91 Å². The first-order chi connectivity index (χ1) is 14.0. The lowest BCUT2D eigenvalue weighted by atomic mass is 10.2. The van der Waals surface area contributed by atoms with Crippen molar-refractivity contribution in [2.24, 2.45) is 0 Å². The number of carbonyl (C=O) groups is 1. The van der Waals surface area contributed by atoms with Gasteiger partial charge in [-0.15, -0.1) is 6.58 Å². The second-order valence-corrected chi connectivity index (χ2v) is 8.36. The molecular formula is C21H24N2O5S. The molecule has 0 aromatic heterocycles. The summed E-state index contributed by atoms with van der Waals surface area (Å²) in [5, 5.41) is 2.79. The third kappa shape index (κ3) is 5.90. The van der Waals surface area contributed by atoms with Gasteiger partial charge in [0.15, 0.2) is 0 Å². The fourth-order valence-electron chi connectivity index (χ4n) is 2.87. The van der Waals surface area contributed by atoms with Crippen molar-refractivity contribution < 1.29 is 22.7 Å². The van der Waals surface area contributed by atoms with Gasteiger partial charge in [-0.3, -0.25) is 4.79 Å². The summed E-state index contributed by atoms with van der Waals surface area (Å²) in [6.07, 6.45) is 3.61. The van der Waals surface area contributed by atoms with Crippen molar-refractivity contribution in [2.45, 2.75) is 23.8 Å². The van der Waals surface area contributed by atoms with Crippen molar-refractivity contribution in [3.05, 3.63) is 66.7 Å². The first-order valence-electron chi connectivity index (χ1n) is 9.34. The Morgan fingerprint density at radius 3 is 2.72 bits per heavy atom. The Balaban J connectivity index is 1.61. The fraction of sp³-hybridized carbons (Fsp3) is 0.286. The summed E-state index contributed by atoms with van der Waals surface area (Å²) in [6, 6.07) is 12.8. The van der Waals surface area contributed by atoms with Crippen LogP contribution in [0.1, 0.15) is 23.2 Å². The minimum absolute atomic E-state index is 0.0837. The van der Waals surface area contributed by atoms with Gasteiger partial charge in [0.05, 0.1) is 11.0 Å². The van der Waals surface area contributed by atoms with Crippen LogP contribution in [-0.4, -0.2) is 40.2 Å². The largest absolute Gasteiger partial charge is 0.491 e. The summed E-state index contributed by atoms with van der Waals surface area (Å²) in [5.74, 6) is 0.303. The van der Waals surface area contributed by atoms with Crippen LogP contribution in [-0.2, 0) is 14.8 Å². The molecular weight excluding hydrogens is 392 g/mol. The number of nitrogens with one attached hydrogen (secondary N) is 2. The van der Waals surface area contributed by atoms with E-state index in [-0.39, 0.29) is 23.5 Å². The van der Waals surface area contributed by atoms with Crippen LogP contribution in [0.5, 0.6) is 5.75 Å². The maximum Gasteiger partial charge on any atom is 0.255 e. The van der Waals surface area contributed by atoms with Crippen molar-refractivity contribution >= 4 is 21.6 Å². The summed E-state index contributed by atoms with van der Waals surface area (Å²) < 4.78 is 37.8. The number of anilines is 1. The van der Waals surface area contributed by atoms with Crippen LogP contribution < -0.4 is 14.8 Å². The fourth-order valence-corrected chi connectivity index (χ4v) is 3.87. The summed E-state index contributed by atoms with van der Waals surface area (Å²) in [6.45, 7) is 4.86. The molecule has 1 unspecified atom stereocenters. The van der Waals surface area contributed by atoms with Gasteiger partial charge in [-0.2, -0.15) is 0 Å². The van der Waals surface area contributed by atoms with Crippen molar-refractivity contribution in [1.82, 2.24) is 4.72 Å². The molecule has 29 heavy (non-hydrogen) atoms. The van der Waals surface area contributed by atoms with Gasteiger partial charge >= 0.3 is 0 Å². The zero-order chi connectivity index (χ0) is 20.7. The minimum Gasteiger partial charge on any atom is -0.491 e. The Bertz CT molecular complexity index is 951. The highest BCUT2D eigenvalue weighted by molar-refractivity contribution is 7.89. The number of rotatable bonds is 9. The van der Waals surface area contributed by atoms with E-state index < -0.39 is 10.0 Å². The first kappa shape index (κ1) is 21.0. The molecule has 0 bridgehead atoms. The van der Waals surface area contributed by atoms with Crippen LogP contribution in [0.15, 0.2) is 66.1 Å². The number of benzene rings is 2. The number of sulfonamides is 1. The predicted molar refractivity (Wildman–Crippen MR) is 111 cm³/mol. The molecule has 154 valence electrons. The number of amides is 1. The molecule has 2 N–H and O–H groups in total. The van der Waals surface area contributed by atoms with Crippen LogP contribution in [0.2, 0.25) is 0 Å². The molecule has 0 radical (unpaired) electrons. The molecule has 1 aliphatic heterocycles. The van der Waals surface area contributed by atoms with Crippen molar-refractivity contribution in [1.29, 1.82) is 0 Å². The normalized spacial score (nSPS) is 16.3. The molecule has 1 fully saturated rings. The standard InChI is InChI=1S/C21H24N2O5S/c1-2-12-22-29(25,26)20-10-8-16(9-11-20)21(24)23-17-5-3-6-18(14-17)28-15-19-7-4-13-27-19/h2-3,5-6,8-11,14,19,22H,1,4,7,12-13,15H2,(H,23,24). The van der Waals surface area contributed by atoms with Gasteiger partial charge < -0.3 is 14.8 Å². The molecule has 0 saturated carbocycles. The Morgan fingerprint density at radius 1 is 1.24 bits per heavy atom. The van der Waals surface area contributed by atoms with Gasteiger partial charge in [0, 0.05) is 30.5 Å². The Hall–Kier alpha value is -2.68. The molecule has 0 spiro atoms. The molecule has 2 aromatic rings. The molecule has 1 amide bonds. The monoisotopic (exact) mass is 416 g/mol. The number of carbonyl (C=O) groups excluding carboxylic acids is 1. The highest BCUT2D eigenvalue weighted by Crippen LogP contribution is 2.20. The van der Waals surface area contributed by atoms with Crippen LogP contribution in [0.4, 0.5) is 5.69 Å². The predicted octanol–water partition coefficient (Wildman–Crippen LogP) is 2.96. The maximum absolute atomic E-state index is 12.5. The van der Waals surface area contributed by atoms with E-state index in [0.29, 0.717) is 23.6 Å². The lowest BCUT2D eigenvalue weighted by molar-refractivity contribution is 0.0680. The first-order valence-corrected chi connectivity index (χ1v) is 10.8. The summed E-state index contributed by atoms with van der Waals surface area (Å²) in [4.78, 5) is 12.6. The van der Waals surface area contributed by atoms with E-state index in [0.717, 1.165) is 19.4 Å². The molecule has 3 rings (SSSR count). The van der Waals surface area contributed by atoms with E-state index in [1.807, 2.05) is 6.07 Å². The van der Waals surface area contributed by atoms with Crippen LogP contribution in [0.3, 0.4) is 0 Å². The summed E-state index contributed by atoms with van der Waals surface area (Å²) in [5.41, 5.74) is 0.933. The molecule has 8 heteroatoms. The van der Waals surface area contributed by atoms with Crippen LogP contribution in [0, 0.1) is 0 Å². The van der Waals surface area contributed by atoms with E-state index in [4.69, 9.17) is 9.47 Å². The molecule has 2 aromatic carbocycles. The number of ether oxygens (including phenoxy) is 2. The van der Waals surface area contributed by atoms with E-state index in [1.54, 1.807) is 18.2 Å². The topological polar surface area (TPSA) is 93.7 Å². The molecule has 1 heterocycles. The lowest BCUT2D eigenvalue weighted by Gasteiger charge is -2.12. The highest BCUT2D eigenvalue weighted by Gasteiger charge is 2.16. The lowest BCUT2D eigenvalue weighted by Crippen LogP contribution is -2.23. The second kappa shape index (κ2) is 9.69. The third-order valence-corrected chi connectivity index (χ3v) is 5.84. The molecule has 7 nitrogen and oxygen atoms in total. The average molecular weight is 416 g/mol. The van der Waals surface area contributed by atoms with E-state index in [9.17, 15) is 13.2 Å². The Morgan fingerprint density at radius 2 is 2.03 bits per heavy atom. The van der Waals surface area contributed by atoms with Crippen LogP contribution >= 0.6 is 0 Å². The quantitative estimate of drug-likeness (QED) is 0.613. The van der Waals surface area contributed by atoms with Crippen molar-refractivity contribution in [2.75, 3.05) is 25.1 Å². The van der Waals surface area contributed by atoms with Gasteiger partial charge in [0.2, 0.25) is 10.0 Å². The summed E-state index contributed by atoms with van der Waals surface area (Å²) >= 11 is 0. The summed E-state index contributed by atoms with van der Waals surface area (Å²) in [7, 11) is -3.62. The zero-order valence-corrected chi connectivity index (χ0v) is 16.8. The van der Waals surface area contributed by atoms with Crippen molar-refractivity contribution in [3.63, 3.8) is 0 Å². The molecule has 0 aliphatic carbocycles. The maximum atomic E-state index is 12.5. The zero-order valence-electron chi connectivity index (χ0n) is 16.0. The van der Waals surface area contributed by atoms with Gasteiger partial charge in [-0.1, -0.05) is 12.1 Å². The minimum atomic E-state index is -3.62. The van der Waals surface area contributed by atoms with Gasteiger partial charge in [-0.05, 0) is 49.2 Å². The molecule has 1 atom stereocenters. The molecule has 1 aliphatic rings. The second-order valence-electron chi connectivity index (χ2n) is 6.59. The third-order valence-electron chi connectivity index (χ3n) is 4.40. The SMILES string of the molecule is C=CCNS(=O)(=O)c1ccc(C(=O)Nc2cccc(OCC3CCCO3)c2)cc1. The highest BCUT2D eigenvalue weighted by atomic mass is 32.2. The number of hydrogen-bond donors (Lipinski definition) is 2. The van der Waals surface area contributed by atoms with Crippen molar-refractivity contribution in [3.8, 4) is 5.75 Å². The van der Waals surface area contributed by atoms with E-state index >= 15 is 0 Å². The Kier molecular flexibility index (Phi) is 7.03. The van der Waals surface area contributed by atoms with Gasteiger partial charge in [-0.25, -0.2) is 13.1 Å². The number of hydrogen-bond acceptors (Lipinski definition) is 5. The van der Waals surface area contributed by atoms with Crippen LogP contribution in [0.25, 0.3) is 0 Å². The smallest absolute Gasteiger partial charge is 0.255 e. The van der Waals surface area contributed by atoms with E-state index in [2.05, 4.69) is 16.6 Å². The average Bonchev–Trinajstić information content (AvgIpc) is 3.25.